The minimum atomic E-state index is -0.471. The molecule has 0 aliphatic heterocycles. The van der Waals surface area contributed by atoms with Crippen molar-refractivity contribution >= 4 is 17.3 Å². The largest absolute Gasteiger partial charge is 0.367 e. The maximum absolute atomic E-state index is 10.9. The van der Waals surface area contributed by atoms with Crippen LogP contribution in [0.1, 0.15) is 12.8 Å². The molecule has 2 rings (SSSR count). The van der Waals surface area contributed by atoms with Crippen LogP contribution >= 0.6 is 0 Å². The molecule has 1 aliphatic carbocycles. The summed E-state index contributed by atoms with van der Waals surface area (Å²) in [5.41, 5.74) is -0.0920. The van der Waals surface area contributed by atoms with E-state index in [1.165, 1.54) is 19.2 Å². The molecular formula is C9H13N5O2. The van der Waals surface area contributed by atoms with Crippen LogP contribution in [0.4, 0.5) is 17.3 Å². The fourth-order valence-electron chi connectivity index (χ4n) is 1.43. The van der Waals surface area contributed by atoms with E-state index in [0.29, 0.717) is 5.92 Å². The van der Waals surface area contributed by atoms with E-state index in [-0.39, 0.29) is 17.3 Å². The Balaban J connectivity index is 2.22. The van der Waals surface area contributed by atoms with Gasteiger partial charge in [-0.15, -0.1) is 0 Å². The van der Waals surface area contributed by atoms with Crippen LogP contribution in [0.2, 0.25) is 0 Å². The van der Waals surface area contributed by atoms with E-state index < -0.39 is 4.92 Å². The third kappa shape index (κ3) is 2.18. The molecule has 0 amide bonds. The van der Waals surface area contributed by atoms with Gasteiger partial charge in [0, 0.05) is 13.6 Å². The summed E-state index contributed by atoms with van der Waals surface area (Å²) >= 11 is 0. The Hall–Kier alpha value is -1.92. The molecule has 2 N–H and O–H groups in total. The van der Waals surface area contributed by atoms with Crippen molar-refractivity contribution < 1.29 is 4.92 Å². The lowest BCUT2D eigenvalue weighted by molar-refractivity contribution is -0.383. The van der Waals surface area contributed by atoms with Gasteiger partial charge in [0.1, 0.15) is 6.33 Å². The predicted molar refractivity (Wildman–Crippen MR) is 59.4 cm³/mol. The molecule has 1 aromatic heterocycles. The van der Waals surface area contributed by atoms with Gasteiger partial charge in [-0.25, -0.2) is 9.97 Å². The highest BCUT2D eigenvalue weighted by molar-refractivity contribution is 5.68. The van der Waals surface area contributed by atoms with Gasteiger partial charge in [-0.1, -0.05) is 0 Å². The molecule has 16 heavy (non-hydrogen) atoms. The average molecular weight is 223 g/mol. The first-order valence-electron chi connectivity index (χ1n) is 5.13. The zero-order valence-corrected chi connectivity index (χ0v) is 8.93. The molecular weight excluding hydrogens is 210 g/mol. The average Bonchev–Trinajstić information content (AvgIpc) is 3.09. The first kappa shape index (κ1) is 10.6. The molecule has 0 bridgehead atoms. The Kier molecular flexibility index (Phi) is 2.84. The summed E-state index contributed by atoms with van der Waals surface area (Å²) in [4.78, 5) is 18.2. The number of nitrogens with zero attached hydrogens (tertiary/aromatic N) is 3. The fraction of sp³-hybridized carbons (Fsp3) is 0.556. The van der Waals surface area contributed by atoms with Crippen molar-refractivity contribution in [3.63, 3.8) is 0 Å². The highest BCUT2D eigenvalue weighted by Crippen LogP contribution is 2.32. The van der Waals surface area contributed by atoms with Gasteiger partial charge in [0.25, 0.3) is 0 Å². The molecule has 0 saturated heterocycles. The number of rotatable bonds is 5. The SMILES string of the molecule is CNc1ncnc(NCC2CC2)c1[N+](=O)[O-]. The minimum absolute atomic E-state index is 0.0920. The van der Waals surface area contributed by atoms with Crippen molar-refractivity contribution in [3.8, 4) is 0 Å². The fourth-order valence-corrected chi connectivity index (χ4v) is 1.43. The lowest BCUT2D eigenvalue weighted by atomic mass is 10.4. The number of hydrogen-bond donors (Lipinski definition) is 2. The monoisotopic (exact) mass is 223 g/mol. The lowest BCUT2D eigenvalue weighted by Gasteiger charge is -2.07. The third-order valence-electron chi connectivity index (χ3n) is 2.50. The van der Waals surface area contributed by atoms with E-state index in [1.54, 1.807) is 7.05 Å². The second-order valence-corrected chi connectivity index (χ2v) is 3.75. The highest BCUT2D eigenvalue weighted by Gasteiger charge is 2.25. The van der Waals surface area contributed by atoms with Crippen LogP contribution in [0.15, 0.2) is 6.33 Å². The van der Waals surface area contributed by atoms with Crippen LogP contribution in [0.25, 0.3) is 0 Å². The van der Waals surface area contributed by atoms with Gasteiger partial charge in [0.2, 0.25) is 11.6 Å². The standard InChI is InChI=1S/C9H13N5O2/c1-10-8-7(14(15)16)9(13-5-12-8)11-4-6-2-3-6/h5-6H,2-4H2,1H3,(H2,10,11,12,13). The molecule has 0 atom stereocenters. The second kappa shape index (κ2) is 4.30. The van der Waals surface area contributed by atoms with Crippen LogP contribution in [0.5, 0.6) is 0 Å². The van der Waals surface area contributed by atoms with Gasteiger partial charge < -0.3 is 10.6 Å². The van der Waals surface area contributed by atoms with Crippen molar-refractivity contribution in [2.45, 2.75) is 12.8 Å². The molecule has 0 spiro atoms. The van der Waals surface area contributed by atoms with E-state index in [4.69, 9.17) is 0 Å². The summed E-state index contributed by atoms with van der Waals surface area (Å²) in [6.45, 7) is 0.737. The summed E-state index contributed by atoms with van der Waals surface area (Å²) in [6.07, 6.45) is 3.68. The molecule has 0 unspecified atom stereocenters. The van der Waals surface area contributed by atoms with E-state index in [0.717, 1.165) is 6.54 Å². The summed E-state index contributed by atoms with van der Waals surface area (Å²) in [5.74, 6) is 1.15. The van der Waals surface area contributed by atoms with Crippen molar-refractivity contribution in [3.05, 3.63) is 16.4 Å². The molecule has 1 saturated carbocycles. The van der Waals surface area contributed by atoms with Crippen LogP contribution in [0.3, 0.4) is 0 Å². The maximum atomic E-state index is 10.9. The first-order chi connectivity index (χ1) is 7.72. The predicted octanol–water partition coefficient (Wildman–Crippen LogP) is 1.25. The number of nitrogens with one attached hydrogen (secondary N) is 2. The normalized spacial score (nSPS) is 14.6. The quantitative estimate of drug-likeness (QED) is 0.576. The molecule has 7 heteroatoms. The van der Waals surface area contributed by atoms with Gasteiger partial charge >= 0.3 is 5.69 Å². The van der Waals surface area contributed by atoms with Crippen molar-refractivity contribution in [2.75, 3.05) is 24.2 Å². The minimum Gasteiger partial charge on any atom is -0.367 e. The Morgan fingerprint density at radius 3 is 2.75 bits per heavy atom. The number of nitro groups is 1. The van der Waals surface area contributed by atoms with E-state index in [2.05, 4.69) is 20.6 Å². The van der Waals surface area contributed by atoms with Crippen LogP contribution in [-0.2, 0) is 0 Å². The molecule has 86 valence electrons. The van der Waals surface area contributed by atoms with E-state index in [9.17, 15) is 10.1 Å². The maximum Gasteiger partial charge on any atom is 0.353 e. The molecule has 7 nitrogen and oxygen atoms in total. The Labute approximate surface area is 92.4 Å². The number of aromatic nitrogens is 2. The zero-order chi connectivity index (χ0) is 11.5. The van der Waals surface area contributed by atoms with Crippen LogP contribution in [0, 0.1) is 16.0 Å². The van der Waals surface area contributed by atoms with E-state index >= 15 is 0 Å². The van der Waals surface area contributed by atoms with Gasteiger partial charge in [0.05, 0.1) is 4.92 Å². The summed E-state index contributed by atoms with van der Waals surface area (Å²) in [6, 6.07) is 0. The van der Waals surface area contributed by atoms with Crippen molar-refractivity contribution in [1.29, 1.82) is 0 Å². The third-order valence-corrected chi connectivity index (χ3v) is 2.50. The van der Waals surface area contributed by atoms with E-state index in [1.807, 2.05) is 0 Å². The Morgan fingerprint density at radius 1 is 1.50 bits per heavy atom. The van der Waals surface area contributed by atoms with Gasteiger partial charge in [-0.05, 0) is 18.8 Å². The molecule has 1 fully saturated rings. The topological polar surface area (TPSA) is 93.0 Å². The van der Waals surface area contributed by atoms with Crippen LogP contribution < -0.4 is 10.6 Å². The smallest absolute Gasteiger partial charge is 0.353 e. The Morgan fingerprint density at radius 2 is 2.19 bits per heavy atom. The molecule has 1 aromatic rings. The number of hydrogen-bond acceptors (Lipinski definition) is 6. The summed E-state index contributed by atoms with van der Waals surface area (Å²) in [7, 11) is 1.60. The first-order valence-corrected chi connectivity index (χ1v) is 5.13. The molecule has 1 aliphatic rings. The lowest BCUT2D eigenvalue weighted by Crippen LogP contribution is -2.10. The second-order valence-electron chi connectivity index (χ2n) is 3.75. The van der Waals surface area contributed by atoms with Gasteiger partial charge in [-0.2, -0.15) is 0 Å². The zero-order valence-electron chi connectivity index (χ0n) is 8.93. The summed E-state index contributed by atoms with van der Waals surface area (Å²) < 4.78 is 0. The molecule has 0 aromatic carbocycles. The molecule has 0 radical (unpaired) electrons. The highest BCUT2D eigenvalue weighted by atomic mass is 16.6. The van der Waals surface area contributed by atoms with Gasteiger partial charge in [-0.3, -0.25) is 10.1 Å². The van der Waals surface area contributed by atoms with Crippen LogP contribution in [-0.4, -0.2) is 28.5 Å². The number of anilines is 2. The molecule has 1 heterocycles. The van der Waals surface area contributed by atoms with Crippen molar-refractivity contribution in [2.24, 2.45) is 5.92 Å². The summed E-state index contributed by atoms with van der Waals surface area (Å²) in [5, 5.41) is 16.6. The van der Waals surface area contributed by atoms with Gasteiger partial charge in [0.15, 0.2) is 0 Å². The van der Waals surface area contributed by atoms with Crippen molar-refractivity contribution in [1.82, 2.24) is 9.97 Å². The Bertz CT molecular complexity index is 405.